The lowest BCUT2D eigenvalue weighted by atomic mass is 10.0. The topological polar surface area (TPSA) is 51.2 Å². The number of amides is 1. The van der Waals surface area contributed by atoms with Gasteiger partial charge in [-0.25, -0.2) is 0 Å². The average molecular weight is 525 g/mol. The third kappa shape index (κ3) is 7.58. The number of halogens is 1. The maximum absolute atomic E-state index is 11.4. The first kappa shape index (κ1) is 24.7. The molecule has 1 N–H and O–H groups in total. The predicted octanol–water partition coefficient (Wildman–Crippen LogP) is 2.91. The molecule has 3 rings (SSSR count). The number of rotatable bonds is 5. The van der Waals surface area contributed by atoms with Crippen molar-refractivity contribution in [1.29, 1.82) is 0 Å². The quantitative estimate of drug-likeness (QED) is 0.365. The van der Waals surface area contributed by atoms with E-state index in [2.05, 4.69) is 58.4 Å². The fourth-order valence-electron chi connectivity index (χ4n) is 3.94. The summed E-state index contributed by atoms with van der Waals surface area (Å²) < 4.78 is 0. The van der Waals surface area contributed by atoms with Crippen LogP contribution in [0, 0.1) is 0 Å². The van der Waals surface area contributed by atoms with E-state index in [0.717, 1.165) is 77.7 Å². The number of nitrogens with zero attached hydrogens (tertiary/aromatic N) is 4. The Labute approximate surface area is 198 Å². The number of hydrogen-bond acceptors (Lipinski definition) is 3. The summed E-state index contributed by atoms with van der Waals surface area (Å²) in [6, 6.07) is 10.6. The second-order valence-corrected chi connectivity index (χ2v) is 7.78. The number of carbonyl (C=O) groups is 1. The van der Waals surface area contributed by atoms with Crippen LogP contribution in [0.5, 0.6) is 0 Å². The standard InChI is InChI=1S/C23H35N5O.HI/c1-3-24-23(25-11-14-26-15-17-27(18-16-26)20(2)29)28-12-9-22(10-13-28)19-21-7-5-4-6-8-21;/h4-8,19H,3,9-18H2,1-2H3,(H,24,25);1H. The van der Waals surface area contributed by atoms with Crippen molar-refractivity contribution in [1.82, 2.24) is 20.0 Å². The van der Waals surface area contributed by atoms with E-state index in [4.69, 9.17) is 4.99 Å². The van der Waals surface area contributed by atoms with Crippen molar-refractivity contribution < 1.29 is 4.79 Å². The lowest BCUT2D eigenvalue weighted by Gasteiger charge is -2.34. The molecule has 6 nitrogen and oxygen atoms in total. The molecule has 2 aliphatic rings. The van der Waals surface area contributed by atoms with Crippen molar-refractivity contribution in [2.75, 3.05) is 58.9 Å². The average Bonchev–Trinajstić information content (AvgIpc) is 2.75. The molecule has 0 bridgehead atoms. The van der Waals surface area contributed by atoms with Gasteiger partial charge in [0, 0.05) is 59.3 Å². The van der Waals surface area contributed by atoms with Gasteiger partial charge in [-0.3, -0.25) is 14.7 Å². The van der Waals surface area contributed by atoms with Crippen molar-refractivity contribution in [3.8, 4) is 0 Å². The normalized spacial score (nSPS) is 18.1. The van der Waals surface area contributed by atoms with E-state index in [0.29, 0.717) is 0 Å². The number of hydrogen-bond donors (Lipinski definition) is 1. The highest BCUT2D eigenvalue weighted by Gasteiger charge is 2.19. The molecule has 0 saturated carbocycles. The first-order valence-electron chi connectivity index (χ1n) is 10.9. The molecule has 2 aliphatic heterocycles. The minimum Gasteiger partial charge on any atom is -0.357 e. The first-order valence-corrected chi connectivity index (χ1v) is 10.9. The molecular weight excluding hydrogens is 489 g/mol. The summed E-state index contributed by atoms with van der Waals surface area (Å²) in [5.74, 6) is 1.22. The minimum atomic E-state index is 0. The molecule has 0 aromatic heterocycles. The number of aliphatic imine (C=N–C) groups is 1. The van der Waals surface area contributed by atoms with Gasteiger partial charge in [-0.2, -0.15) is 0 Å². The van der Waals surface area contributed by atoms with E-state index < -0.39 is 0 Å². The second-order valence-electron chi connectivity index (χ2n) is 7.78. The number of likely N-dealkylation sites (tertiary alicyclic amines) is 1. The van der Waals surface area contributed by atoms with Crippen molar-refractivity contribution in [2.24, 2.45) is 4.99 Å². The van der Waals surface area contributed by atoms with Crippen LogP contribution in [0.2, 0.25) is 0 Å². The number of carbonyl (C=O) groups excluding carboxylic acids is 1. The van der Waals surface area contributed by atoms with Gasteiger partial charge in [-0.15, -0.1) is 24.0 Å². The smallest absolute Gasteiger partial charge is 0.219 e. The molecule has 7 heteroatoms. The SMILES string of the molecule is CCNC(=NCCN1CCN(C(C)=O)CC1)N1CCC(=Cc2ccccc2)CC1.I. The zero-order chi connectivity index (χ0) is 20.5. The minimum absolute atomic E-state index is 0. The highest BCUT2D eigenvalue weighted by atomic mass is 127. The third-order valence-corrected chi connectivity index (χ3v) is 5.71. The van der Waals surface area contributed by atoms with Crippen LogP contribution in [-0.2, 0) is 4.79 Å². The molecular formula is C23H36IN5O. The van der Waals surface area contributed by atoms with Gasteiger partial charge in [0.1, 0.15) is 0 Å². The monoisotopic (exact) mass is 525 g/mol. The molecule has 2 fully saturated rings. The summed E-state index contributed by atoms with van der Waals surface area (Å²) in [7, 11) is 0. The zero-order valence-corrected chi connectivity index (χ0v) is 20.7. The first-order chi connectivity index (χ1) is 14.2. The summed E-state index contributed by atoms with van der Waals surface area (Å²) >= 11 is 0. The van der Waals surface area contributed by atoms with Gasteiger partial charge in [-0.1, -0.05) is 42.0 Å². The van der Waals surface area contributed by atoms with E-state index in [-0.39, 0.29) is 29.9 Å². The lowest BCUT2D eigenvalue weighted by Crippen LogP contribution is -2.49. The molecule has 0 radical (unpaired) electrons. The molecule has 166 valence electrons. The van der Waals surface area contributed by atoms with E-state index in [1.54, 1.807) is 6.92 Å². The number of guanidine groups is 1. The Morgan fingerprint density at radius 1 is 1.03 bits per heavy atom. The van der Waals surface area contributed by atoms with Crippen LogP contribution in [0.25, 0.3) is 6.08 Å². The Morgan fingerprint density at radius 2 is 1.70 bits per heavy atom. The van der Waals surface area contributed by atoms with E-state index in [1.807, 2.05) is 4.90 Å². The number of piperazine rings is 1. The van der Waals surface area contributed by atoms with Gasteiger partial charge in [0.05, 0.1) is 6.54 Å². The van der Waals surface area contributed by atoms with E-state index in [1.165, 1.54) is 11.1 Å². The van der Waals surface area contributed by atoms with Crippen LogP contribution < -0.4 is 5.32 Å². The Balaban J connectivity index is 0.00000320. The fourth-order valence-corrected chi connectivity index (χ4v) is 3.94. The molecule has 0 spiro atoms. The van der Waals surface area contributed by atoms with Crippen LogP contribution >= 0.6 is 24.0 Å². The number of benzene rings is 1. The third-order valence-electron chi connectivity index (χ3n) is 5.71. The van der Waals surface area contributed by atoms with Crippen LogP contribution in [0.1, 0.15) is 32.3 Å². The zero-order valence-electron chi connectivity index (χ0n) is 18.3. The highest BCUT2D eigenvalue weighted by molar-refractivity contribution is 14.0. The number of piperidine rings is 1. The van der Waals surface area contributed by atoms with Crippen molar-refractivity contribution in [3.63, 3.8) is 0 Å². The van der Waals surface area contributed by atoms with Crippen LogP contribution in [-0.4, -0.2) is 85.5 Å². The van der Waals surface area contributed by atoms with Gasteiger partial charge in [0.25, 0.3) is 0 Å². The molecule has 1 aromatic carbocycles. The Morgan fingerprint density at radius 3 is 2.30 bits per heavy atom. The summed E-state index contributed by atoms with van der Waals surface area (Å²) in [5, 5.41) is 3.46. The Bertz CT molecular complexity index is 704. The van der Waals surface area contributed by atoms with Crippen molar-refractivity contribution >= 4 is 41.9 Å². The van der Waals surface area contributed by atoms with Crippen molar-refractivity contribution in [2.45, 2.75) is 26.7 Å². The summed E-state index contributed by atoms with van der Waals surface area (Å²) in [5.41, 5.74) is 2.81. The summed E-state index contributed by atoms with van der Waals surface area (Å²) in [6.07, 6.45) is 4.51. The van der Waals surface area contributed by atoms with Gasteiger partial charge >= 0.3 is 0 Å². The maximum Gasteiger partial charge on any atom is 0.219 e. The van der Waals surface area contributed by atoms with Gasteiger partial charge < -0.3 is 15.1 Å². The van der Waals surface area contributed by atoms with Gasteiger partial charge in [0.15, 0.2) is 5.96 Å². The lowest BCUT2D eigenvalue weighted by molar-refractivity contribution is -0.130. The molecule has 0 unspecified atom stereocenters. The molecule has 1 aromatic rings. The maximum atomic E-state index is 11.4. The predicted molar refractivity (Wildman–Crippen MR) is 135 cm³/mol. The second kappa shape index (κ2) is 12.9. The summed E-state index contributed by atoms with van der Waals surface area (Å²) in [6.45, 7) is 12.0. The molecule has 30 heavy (non-hydrogen) atoms. The van der Waals surface area contributed by atoms with Gasteiger partial charge in [-0.05, 0) is 25.3 Å². The molecule has 2 heterocycles. The van der Waals surface area contributed by atoms with Gasteiger partial charge in [0.2, 0.25) is 5.91 Å². The van der Waals surface area contributed by atoms with Crippen LogP contribution in [0.3, 0.4) is 0 Å². The Hall–Kier alpha value is -1.61. The van der Waals surface area contributed by atoms with E-state index >= 15 is 0 Å². The fraction of sp³-hybridized carbons (Fsp3) is 0.565. The molecule has 2 saturated heterocycles. The number of nitrogens with one attached hydrogen (secondary N) is 1. The van der Waals surface area contributed by atoms with E-state index in [9.17, 15) is 4.79 Å². The van der Waals surface area contributed by atoms with Crippen molar-refractivity contribution in [3.05, 3.63) is 41.5 Å². The largest absolute Gasteiger partial charge is 0.357 e. The van der Waals surface area contributed by atoms with Crippen LogP contribution in [0.15, 0.2) is 40.9 Å². The Kier molecular flexibility index (Phi) is 10.6. The van der Waals surface area contributed by atoms with Crippen LogP contribution in [0.4, 0.5) is 0 Å². The highest BCUT2D eigenvalue weighted by Crippen LogP contribution is 2.19. The molecule has 0 aliphatic carbocycles. The summed E-state index contributed by atoms with van der Waals surface area (Å²) in [4.78, 5) is 23.1. The molecule has 0 atom stereocenters. The molecule has 1 amide bonds.